The van der Waals surface area contributed by atoms with Gasteiger partial charge in [0.05, 0.1) is 5.69 Å². The summed E-state index contributed by atoms with van der Waals surface area (Å²) in [4.78, 5) is 40.3. The van der Waals surface area contributed by atoms with Crippen molar-refractivity contribution < 1.29 is 0 Å². The highest BCUT2D eigenvalue weighted by atomic mass is 32.1. The molecule has 0 N–H and O–H groups in total. The predicted octanol–water partition coefficient (Wildman–Crippen LogP) is 19.7. The molecule has 6 aromatic heterocycles. The van der Waals surface area contributed by atoms with Gasteiger partial charge >= 0.3 is 0 Å². The molecular formula is C79H59N5O2S. The van der Waals surface area contributed by atoms with E-state index < -0.39 is 0 Å². The lowest BCUT2D eigenvalue weighted by molar-refractivity contribution is 0.557. The van der Waals surface area contributed by atoms with E-state index in [0.717, 1.165) is 122 Å². The van der Waals surface area contributed by atoms with E-state index in [1.54, 1.807) is 12.1 Å². The highest BCUT2D eigenvalue weighted by Gasteiger charge is 2.24. The maximum atomic E-state index is 13.2. The van der Waals surface area contributed by atoms with Crippen molar-refractivity contribution in [1.29, 1.82) is 0 Å². The molecule has 0 aliphatic rings. The standard InChI is InChI=1S/C79H59N5O2S/c1-78(2,3)72-46-74(85)81-76-62-30-26-48(39-51(62)34-37-83(72)76)57-17-7-9-19-59(57)54-41-55(60-20-10-8-18-58(60)49-27-31-63-52(40-49)35-38-84-73(79(4,5)6)47-75(86)82-77(63)84)43-56(42-54)61-21-11-12-22-64(61)65-32-29-53(69-24-15-16-36-80-69)44-68(65)50-28-33-67-66-23-13-14-25-70(66)87-71(67)45-50/h7-47H,1-6H3. The van der Waals surface area contributed by atoms with Crippen LogP contribution in [0.1, 0.15) is 52.9 Å². The summed E-state index contributed by atoms with van der Waals surface area (Å²) >= 11 is 1.83. The van der Waals surface area contributed by atoms with Crippen LogP contribution in [0, 0.1) is 0 Å². The fraction of sp³-hybridized carbons (Fsp3) is 0.101. The Bertz CT molecular complexity index is 5220. The van der Waals surface area contributed by atoms with Crippen LogP contribution in [0.3, 0.4) is 0 Å². The maximum absolute atomic E-state index is 13.2. The number of fused-ring (bicyclic) bond motifs is 9. The van der Waals surface area contributed by atoms with E-state index in [2.05, 4.69) is 267 Å². The molecular weight excluding hydrogens is 1080 g/mol. The van der Waals surface area contributed by atoms with Gasteiger partial charge in [0.15, 0.2) is 0 Å². The maximum Gasteiger partial charge on any atom is 0.273 e. The van der Waals surface area contributed by atoms with E-state index in [9.17, 15) is 9.59 Å². The highest BCUT2D eigenvalue weighted by molar-refractivity contribution is 7.25. The molecule has 0 spiro atoms. The Kier molecular flexibility index (Phi) is 12.7. The topological polar surface area (TPSA) is 81.6 Å². The van der Waals surface area contributed by atoms with Gasteiger partial charge in [-0.25, -0.2) is 0 Å². The minimum atomic E-state index is -0.268. The fourth-order valence-electron chi connectivity index (χ4n) is 12.9. The minimum Gasteiger partial charge on any atom is -0.304 e. The Morgan fingerprint density at radius 1 is 0.333 bits per heavy atom. The molecule has 0 unspecified atom stereocenters. The Labute approximate surface area is 507 Å². The summed E-state index contributed by atoms with van der Waals surface area (Å²) in [5.74, 6) is 0. The summed E-state index contributed by atoms with van der Waals surface area (Å²) in [6, 6.07) is 82.3. The van der Waals surface area contributed by atoms with Crippen molar-refractivity contribution in [3.05, 3.63) is 281 Å². The molecule has 8 heteroatoms. The molecule has 15 rings (SSSR count). The largest absolute Gasteiger partial charge is 0.304 e. The second-order valence-corrected chi connectivity index (χ2v) is 25.9. The number of aromatic nitrogens is 5. The van der Waals surface area contributed by atoms with Crippen LogP contribution in [0.4, 0.5) is 0 Å². The van der Waals surface area contributed by atoms with Gasteiger partial charge in [-0.3, -0.25) is 14.6 Å². The molecule has 0 bridgehead atoms. The van der Waals surface area contributed by atoms with Crippen molar-refractivity contribution >= 4 is 64.3 Å². The van der Waals surface area contributed by atoms with Gasteiger partial charge in [-0.1, -0.05) is 187 Å². The number of pyridine rings is 3. The monoisotopic (exact) mass is 1140 g/mol. The van der Waals surface area contributed by atoms with E-state index in [-0.39, 0.29) is 21.9 Å². The number of benzene rings is 9. The van der Waals surface area contributed by atoms with Crippen molar-refractivity contribution in [3.8, 4) is 89.1 Å². The van der Waals surface area contributed by atoms with Gasteiger partial charge in [0.25, 0.3) is 11.1 Å². The van der Waals surface area contributed by atoms with E-state index in [1.807, 2.05) is 42.1 Å². The Morgan fingerprint density at radius 2 is 0.759 bits per heavy atom. The molecule has 7 nitrogen and oxygen atoms in total. The SMILES string of the molecule is CC(C)(C)c1cc(=O)nc2c3ccc(-c4ccccc4-c4cc(-c5ccccc5-c5ccc6c(ccn7c(C(C)(C)C)cc(=O)nc67)c5)cc(-c5ccccc5-c5ccc(-c6ccccn6)cc5-c5ccc6c(c5)sc5ccccc56)c4)cc3ccn12. The van der Waals surface area contributed by atoms with Crippen molar-refractivity contribution in [2.75, 3.05) is 0 Å². The Morgan fingerprint density at radius 3 is 1.28 bits per heavy atom. The van der Waals surface area contributed by atoms with Crippen LogP contribution >= 0.6 is 11.3 Å². The van der Waals surface area contributed by atoms with Gasteiger partial charge in [0.2, 0.25) is 0 Å². The number of hydrogen-bond donors (Lipinski definition) is 0. The van der Waals surface area contributed by atoms with Crippen molar-refractivity contribution in [2.45, 2.75) is 52.4 Å². The van der Waals surface area contributed by atoms with E-state index in [4.69, 9.17) is 4.98 Å². The molecule has 0 aliphatic heterocycles. The van der Waals surface area contributed by atoms with Crippen molar-refractivity contribution in [3.63, 3.8) is 0 Å². The number of rotatable bonds is 8. The molecule has 6 heterocycles. The first-order valence-corrected chi connectivity index (χ1v) is 30.4. The average molecular weight is 1140 g/mol. The first-order valence-electron chi connectivity index (χ1n) is 29.5. The summed E-state index contributed by atoms with van der Waals surface area (Å²) in [6.07, 6.45) is 5.95. The van der Waals surface area contributed by atoms with Gasteiger partial charge in [-0.2, -0.15) is 9.97 Å². The third kappa shape index (κ3) is 9.50. The third-order valence-corrected chi connectivity index (χ3v) is 18.2. The zero-order valence-corrected chi connectivity index (χ0v) is 49.9. The van der Waals surface area contributed by atoms with Gasteiger partial charge in [0, 0.05) is 89.4 Å². The van der Waals surface area contributed by atoms with E-state index >= 15 is 0 Å². The smallest absolute Gasteiger partial charge is 0.273 e. The molecule has 0 radical (unpaired) electrons. The number of hydrogen-bond acceptors (Lipinski definition) is 6. The van der Waals surface area contributed by atoms with Crippen molar-refractivity contribution in [1.82, 2.24) is 23.8 Å². The summed E-state index contributed by atoms with van der Waals surface area (Å²) in [7, 11) is 0. The summed E-state index contributed by atoms with van der Waals surface area (Å²) < 4.78 is 6.64. The Hall–Kier alpha value is -10.4. The molecule has 0 fully saturated rings. The molecule has 0 atom stereocenters. The predicted molar refractivity (Wildman–Crippen MR) is 363 cm³/mol. The zero-order chi connectivity index (χ0) is 59.3. The van der Waals surface area contributed by atoms with Crippen LogP contribution in [0.25, 0.3) is 142 Å². The van der Waals surface area contributed by atoms with Crippen LogP contribution in [0.15, 0.2) is 259 Å². The first kappa shape index (κ1) is 53.3. The van der Waals surface area contributed by atoms with Crippen LogP contribution in [0.5, 0.6) is 0 Å². The van der Waals surface area contributed by atoms with Gasteiger partial charge in [0.1, 0.15) is 11.3 Å². The van der Waals surface area contributed by atoms with Gasteiger partial charge in [-0.15, -0.1) is 11.3 Å². The molecule has 418 valence electrons. The number of nitrogens with zero attached hydrogens (tertiary/aromatic N) is 5. The second kappa shape index (κ2) is 20.7. The lowest BCUT2D eigenvalue weighted by Crippen LogP contribution is -2.22. The van der Waals surface area contributed by atoms with Crippen LogP contribution in [-0.4, -0.2) is 23.8 Å². The third-order valence-electron chi connectivity index (χ3n) is 17.1. The lowest BCUT2D eigenvalue weighted by atomic mass is 9.84. The van der Waals surface area contributed by atoms with Gasteiger partial charge in [-0.05, 0) is 161 Å². The zero-order valence-electron chi connectivity index (χ0n) is 49.1. The van der Waals surface area contributed by atoms with Crippen LogP contribution in [0.2, 0.25) is 0 Å². The Balaban J connectivity index is 0.935. The van der Waals surface area contributed by atoms with E-state index in [1.165, 1.54) is 20.2 Å². The highest BCUT2D eigenvalue weighted by Crippen LogP contribution is 2.46. The summed E-state index contributed by atoms with van der Waals surface area (Å²) in [6.45, 7) is 12.7. The molecule has 0 saturated heterocycles. The van der Waals surface area contributed by atoms with E-state index in [0.29, 0.717) is 11.3 Å². The summed E-state index contributed by atoms with van der Waals surface area (Å²) in [5.41, 5.74) is 19.2. The molecule has 9 aromatic carbocycles. The average Bonchev–Trinajstić information content (AvgIpc) is 1.92. The molecule has 0 aliphatic carbocycles. The quantitative estimate of drug-likeness (QED) is 0.142. The lowest BCUT2D eigenvalue weighted by Gasteiger charge is -2.22. The normalized spacial score (nSPS) is 12.1. The van der Waals surface area contributed by atoms with Crippen molar-refractivity contribution in [2.24, 2.45) is 0 Å². The second-order valence-electron chi connectivity index (χ2n) is 24.8. The first-order chi connectivity index (χ1) is 42.2. The molecule has 87 heavy (non-hydrogen) atoms. The summed E-state index contributed by atoms with van der Waals surface area (Å²) in [5, 5.41) is 6.35. The molecule has 15 aromatic rings. The minimum absolute atomic E-state index is 0.244. The fourth-order valence-corrected chi connectivity index (χ4v) is 14.1. The van der Waals surface area contributed by atoms with Crippen LogP contribution < -0.4 is 11.1 Å². The number of thiophene rings is 1. The molecule has 0 saturated carbocycles. The molecule has 0 amide bonds. The van der Waals surface area contributed by atoms with Crippen LogP contribution in [-0.2, 0) is 10.8 Å². The van der Waals surface area contributed by atoms with Gasteiger partial charge < -0.3 is 8.80 Å².